The molecule has 0 saturated carbocycles. The molecule has 0 atom stereocenters. The van der Waals surface area contributed by atoms with Crippen LogP contribution >= 0.6 is 0 Å². The molecule has 0 aliphatic heterocycles. The lowest BCUT2D eigenvalue weighted by Crippen LogP contribution is -2.32. The van der Waals surface area contributed by atoms with Crippen molar-refractivity contribution in [1.82, 2.24) is 5.32 Å². The van der Waals surface area contributed by atoms with E-state index in [1.54, 1.807) is 48.5 Å². The Bertz CT molecular complexity index is 838. The van der Waals surface area contributed by atoms with E-state index in [1.165, 1.54) is 0 Å². The van der Waals surface area contributed by atoms with Gasteiger partial charge in [0.25, 0.3) is 11.8 Å². The van der Waals surface area contributed by atoms with Crippen LogP contribution in [0.5, 0.6) is 11.5 Å². The summed E-state index contributed by atoms with van der Waals surface area (Å²) >= 11 is 0. The van der Waals surface area contributed by atoms with Gasteiger partial charge >= 0.3 is 5.97 Å². The number of esters is 1. The summed E-state index contributed by atoms with van der Waals surface area (Å²) in [5.74, 6) is -0.545. The van der Waals surface area contributed by atoms with Crippen LogP contribution < -0.4 is 20.1 Å². The largest absolute Gasteiger partial charge is 0.490 e. The molecular formula is C21H24N2O6. The van der Waals surface area contributed by atoms with Gasteiger partial charge in [-0.25, -0.2) is 0 Å². The van der Waals surface area contributed by atoms with Crippen molar-refractivity contribution >= 4 is 23.5 Å². The summed E-state index contributed by atoms with van der Waals surface area (Å²) in [7, 11) is 0. The maximum Gasteiger partial charge on any atom is 0.325 e. The summed E-state index contributed by atoms with van der Waals surface area (Å²) in [5, 5.41) is 5.05. The van der Waals surface area contributed by atoms with Crippen LogP contribution in [0.4, 0.5) is 5.69 Å². The maximum atomic E-state index is 12.0. The van der Waals surface area contributed by atoms with E-state index in [0.29, 0.717) is 36.0 Å². The van der Waals surface area contributed by atoms with Gasteiger partial charge < -0.3 is 24.8 Å². The minimum absolute atomic E-state index is 0.335. The van der Waals surface area contributed by atoms with Crippen molar-refractivity contribution in [2.75, 3.05) is 31.7 Å². The van der Waals surface area contributed by atoms with Gasteiger partial charge in [0, 0.05) is 17.3 Å². The number of nitrogens with one attached hydrogen (secondary N) is 2. The van der Waals surface area contributed by atoms with Crippen LogP contribution in [0.15, 0.2) is 48.5 Å². The highest BCUT2D eigenvalue weighted by molar-refractivity contribution is 5.96. The Balaban J connectivity index is 1.79. The van der Waals surface area contributed by atoms with Gasteiger partial charge in [0.05, 0.1) is 13.2 Å². The third kappa shape index (κ3) is 7.17. The first kappa shape index (κ1) is 21.7. The number of ether oxygens (including phenoxy) is 3. The van der Waals surface area contributed by atoms with Crippen LogP contribution in [0, 0.1) is 0 Å². The van der Waals surface area contributed by atoms with Gasteiger partial charge in [0.1, 0.15) is 6.54 Å². The van der Waals surface area contributed by atoms with Crippen molar-refractivity contribution in [1.29, 1.82) is 0 Å². The predicted octanol–water partition coefficient (Wildman–Crippen LogP) is 2.40. The van der Waals surface area contributed by atoms with Crippen LogP contribution in [-0.4, -0.2) is 44.1 Å². The number of carbonyl (C=O) groups excluding carboxylic acids is 3. The SMILES string of the molecule is CCOc1ccc(NC(=O)COC(=O)CNC(=O)c2ccccc2)cc1OCC. The molecule has 2 amide bonds. The van der Waals surface area contributed by atoms with E-state index < -0.39 is 24.4 Å². The lowest BCUT2D eigenvalue weighted by molar-refractivity contribution is -0.146. The van der Waals surface area contributed by atoms with Gasteiger partial charge in [-0.1, -0.05) is 18.2 Å². The highest BCUT2D eigenvalue weighted by atomic mass is 16.5. The fourth-order valence-electron chi connectivity index (χ4n) is 2.37. The zero-order chi connectivity index (χ0) is 21.1. The van der Waals surface area contributed by atoms with Gasteiger partial charge in [-0.3, -0.25) is 14.4 Å². The van der Waals surface area contributed by atoms with Gasteiger partial charge in [0.2, 0.25) is 0 Å². The molecule has 0 aliphatic rings. The fourth-order valence-corrected chi connectivity index (χ4v) is 2.37. The zero-order valence-corrected chi connectivity index (χ0v) is 16.4. The Labute approximate surface area is 169 Å². The maximum absolute atomic E-state index is 12.0. The first-order valence-electron chi connectivity index (χ1n) is 9.21. The van der Waals surface area contributed by atoms with Crippen molar-refractivity contribution in [3.8, 4) is 11.5 Å². The van der Waals surface area contributed by atoms with Crippen molar-refractivity contribution in [3.05, 3.63) is 54.1 Å². The van der Waals surface area contributed by atoms with E-state index in [0.717, 1.165) is 0 Å². The van der Waals surface area contributed by atoms with Gasteiger partial charge in [-0.05, 0) is 38.1 Å². The monoisotopic (exact) mass is 400 g/mol. The Morgan fingerprint density at radius 1 is 0.897 bits per heavy atom. The van der Waals surface area contributed by atoms with Gasteiger partial charge in [-0.2, -0.15) is 0 Å². The molecule has 29 heavy (non-hydrogen) atoms. The first-order valence-corrected chi connectivity index (χ1v) is 9.21. The van der Waals surface area contributed by atoms with Gasteiger partial charge in [-0.15, -0.1) is 0 Å². The second-order valence-electron chi connectivity index (χ2n) is 5.79. The van der Waals surface area contributed by atoms with E-state index in [4.69, 9.17) is 14.2 Å². The Kier molecular flexibility index (Phi) is 8.50. The minimum atomic E-state index is -0.717. The van der Waals surface area contributed by atoms with E-state index in [2.05, 4.69) is 10.6 Å². The number of hydrogen-bond donors (Lipinski definition) is 2. The molecule has 0 heterocycles. The molecule has 8 nitrogen and oxygen atoms in total. The molecule has 0 radical (unpaired) electrons. The molecule has 0 unspecified atom stereocenters. The second kappa shape index (κ2) is 11.3. The molecule has 0 aliphatic carbocycles. The number of anilines is 1. The lowest BCUT2D eigenvalue weighted by atomic mass is 10.2. The van der Waals surface area contributed by atoms with Crippen LogP contribution in [0.2, 0.25) is 0 Å². The molecule has 0 fully saturated rings. The molecule has 0 bridgehead atoms. The summed E-state index contributed by atoms with van der Waals surface area (Å²) in [5.41, 5.74) is 0.911. The number of benzene rings is 2. The summed E-state index contributed by atoms with van der Waals surface area (Å²) in [6.45, 7) is 3.83. The molecular weight excluding hydrogens is 376 g/mol. The summed E-state index contributed by atoms with van der Waals surface area (Å²) in [6, 6.07) is 13.5. The molecule has 154 valence electrons. The van der Waals surface area contributed by atoms with Crippen molar-refractivity contribution in [2.45, 2.75) is 13.8 Å². The predicted molar refractivity (Wildman–Crippen MR) is 107 cm³/mol. The quantitative estimate of drug-likeness (QED) is 0.594. The average molecular weight is 400 g/mol. The highest BCUT2D eigenvalue weighted by Crippen LogP contribution is 2.30. The topological polar surface area (TPSA) is 103 Å². The number of rotatable bonds is 10. The number of amides is 2. The molecule has 0 saturated heterocycles. The molecule has 0 aromatic heterocycles. The Hall–Kier alpha value is -3.55. The molecule has 2 aromatic rings. The Morgan fingerprint density at radius 3 is 2.28 bits per heavy atom. The normalized spacial score (nSPS) is 10.0. The molecule has 8 heteroatoms. The zero-order valence-electron chi connectivity index (χ0n) is 16.4. The smallest absolute Gasteiger partial charge is 0.325 e. The van der Waals surface area contributed by atoms with Crippen molar-refractivity contribution in [3.63, 3.8) is 0 Å². The van der Waals surface area contributed by atoms with Crippen LogP contribution in [0.1, 0.15) is 24.2 Å². The molecule has 2 rings (SSSR count). The summed E-state index contributed by atoms with van der Waals surface area (Å²) < 4.78 is 15.8. The van der Waals surface area contributed by atoms with Gasteiger partial charge in [0.15, 0.2) is 18.1 Å². The van der Waals surface area contributed by atoms with E-state index in [-0.39, 0.29) is 6.54 Å². The average Bonchev–Trinajstić information content (AvgIpc) is 2.73. The van der Waals surface area contributed by atoms with Crippen LogP contribution in [0.3, 0.4) is 0 Å². The highest BCUT2D eigenvalue weighted by Gasteiger charge is 2.12. The van der Waals surface area contributed by atoms with Crippen LogP contribution in [0.25, 0.3) is 0 Å². The number of hydrogen-bond acceptors (Lipinski definition) is 6. The fraction of sp³-hybridized carbons (Fsp3) is 0.286. The first-order chi connectivity index (χ1) is 14.0. The Morgan fingerprint density at radius 2 is 1.59 bits per heavy atom. The van der Waals surface area contributed by atoms with Crippen LogP contribution in [-0.2, 0) is 14.3 Å². The van der Waals surface area contributed by atoms with E-state index in [1.807, 2.05) is 13.8 Å². The minimum Gasteiger partial charge on any atom is -0.490 e. The number of carbonyl (C=O) groups is 3. The molecule has 0 spiro atoms. The third-order valence-electron chi connectivity index (χ3n) is 3.62. The van der Waals surface area contributed by atoms with E-state index >= 15 is 0 Å². The van der Waals surface area contributed by atoms with Crippen molar-refractivity contribution in [2.24, 2.45) is 0 Å². The third-order valence-corrected chi connectivity index (χ3v) is 3.62. The standard InChI is InChI=1S/C21H24N2O6/c1-3-27-17-11-10-16(12-18(17)28-4-2)23-19(24)14-29-20(25)13-22-21(26)15-8-6-5-7-9-15/h5-12H,3-4,13-14H2,1-2H3,(H,22,26)(H,23,24). The summed E-state index contributed by atoms with van der Waals surface area (Å²) in [6.07, 6.45) is 0. The summed E-state index contributed by atoms with van der Waals surface area (Å²) in [4.78, 5) is 35.6. The lowest BCUT2D eigenvalue weighted by Gasteiger charge is -2.13. The van der Waals surface area contributed by atoms with Crippen molar-refractivity contribution < 1.29 is 28.6 Å². The molecule has 2 aromatic carbocycles. The second-order valence-corrected chi connectivity index (χ2v) is 5.79. The molecule has 2 N–H and O–H groups in total. The van der Waals surface area contributed by atoms with E-state index in [9.17, 15) is 14.4 Å².